The summed E-state index contributed by atoms with van der Waals surface area (Å²) in [6.07, 6.45) is 1.11. The van der Waals surface area contributed by atoms with Crippen molar-refractivity contribution < 1.29 is 14.4 Å². The van der Waals surface area contributed by atoms with E-state index < -0.39 is 6.04 Å². The molecule has 5 rings (SSSR count). The lowest BCUT2D eigenvalue weighted by Crippen LogP contribution is -2.51. The van der Waals surface area contributed by atoms with Crippen molar-refractivity contribution in [1.82, 2.24) is 10.2 Å². The van der Waals surface area contributed by atoms with Gasteiger partial charge in [-0.2, -0.15) is 0 Å². The molecular weight excluding hydrogens is 590 g/mol. The highest BCUT2D eigenvalue weighted by Crippen LogP contribution is 2.37. The third kappa shape index (κ3) is 6.73. The largest absolute Gasteiger partial charge is 0.354 e. The fraction of sp³-hybridized carbons (Fsp3) is 0.286. The second kappa shape index (κ2) is 13.3. The van der Waals surface area contributed by atoms with Crippen LogP contribution in [0.1, 0.15) is 48.2 Å². The normalized spacial score (nSPS) is 13.0. The lowest BCUT2D eigenvalue weighted by atomic mass is 10.0. The first kappa shape index (κ1) is 29.5. The number of amides is 3. The number of carbonyl (C=O) groups excluding carboxylic acids is 3. The first-order valence-corrected chi connectivity index (χ1v) is 15.3. The van der Waals surface area contributed by atoms with Crippen molar-refractivity contribution in [2.75, 3.05) is 18.0 Å². The summed E-state index contributed by atoms with van der Waals surface area (Å²) in [5.41, 5.74) is 3.53. The Labute approximate surface area is 255 Å². The molecule has 1 aliphatic rings. The van der Waals surface area contributed by atoms with Gasteiger partial charge in [-0.1, -0.05) is 96.5 Å². The molecule has 0 spiro atoms. The topological polar surface area (TPSA) is 69.7 Å². The first-order chi connectivity index (χ1) is 20.3. The minimum Gasteiger partial charge on any atom is -0.354 e. The molecule has 6 nitrogen and oxygen atoms in total. The number of nitrogens with zero attached hydrogens (tertiary/aromatic N) is 2. The molecule has 0 aromatic heterocycles. The Morgan fingerprint density at radius 1 is 0.881 bits per heavy atom. The van der Waals surface area contributed by atoms with Crippen LogP contribution in [0, 0.1) is 5.92 Å². The van der Waals surface area contributed by atoms with Crippen LogP contribution in [0.2, 0.25) is 0 Å². The number of benzene rings is 4. The second-order valence-corrected chi connectivity index (χ2v) is 12.1. The van der Waals surface area contributed by atoms with E-state index in [0.717, 1.165) is 32.1 Å². The molecule has 42 heavy (non-hydrogen) atoms. The number of hydrogen-bond acceptors (Lipinski definition) is 3. The van der Waals surface area contributed by atoms with Crippen LogP contribution in [-0.4, -0.2) is 41.8 Å². The Morgan fingerprint density at radius 3 is 2.31 bits per heavy atom. The highest BCUT2D eigenvalue weighted by atomic mass is 79.9. The van der Waals surface area contributed by atoms with Crippen LogP contribution in [0.25, 0.3) is 10.8 Å². The summed E-state index contributed by atoms with van der Waals surface area (Å²) < 4.78 is 0.950. The number of rotatable bonds is 12. The quantitative estimate of drug-likeness (QED) is 0.189. The molecule has 0 saturated carbocycles. The molecular formula is C35H36BrN3O3. The van der Waals surface area contributed by atoms with Crippen molar-refractivity contribution in [3.8, 4) is 0 Å². The van der Waals surface area contributed by atoms with Crippen molar-refractivity contribution in [2.45, 2.75) is 45.7 Å². The van der Waals surface area contributed by atoms with Gasteiger partial charge in [-0.15, -0.1) is 0 Å². The molecule has 7 heteroatoms. The van der Waals surface area contributed by atoms with Crippen molar-refractivity contribution in [1.29, 1.82) is 0 Å². The van der Waals surface area contributed by atoms with Crippen LogP contribution < -0.4 is 10.2 Å². The SMILES string of the molecule is CC(C)CNC(=O)[C@@H](Cc1ccccc1)N(Cc1ccc(Br)cc1)C(=O)CCCN1C(=O)c2cccc3cccc1c23. The number of halogens is 1. The third-order valence-corrected chi connectivity index (χ3v) is 8.17. The summed E-state index contributed by atoms with van der Waals surface area (Å²) in [6, 6.07) is 28.7. The Morgan fingerprint density at radius 2 is 1.60 bits per heavy atom. The molecule has 1 atom stereocenters. The zero-order valence-electron chi connectivity index (χ0n) is 24.1. The van der Waals surface area contributed by atoms with E-state index in [-0.39, 0.29) is 30.1 Å². The average Bonchev–Trinajstić information content (AvgIpc) is 3.27. The Bertz CT molecular complexity index is 1560. The highest BCUT2D eigenvalue weighted by Gasteiger charge is 2.32. The van der Waals surface area contributed by atoms with Crippen molar-refractivity contribution >= 4 is 50.1 Å². The summed E-state index contributed by atoms with van der Waals surface area (Å²) in [5, 5.41) is 5.07. The molecule has 0 aliphatic carbocycles. The van der Waals surface area contributed by atoms with Gasteiger partial charge >= 0.3 is 0 Å². The third-order valence-electron chi connectivity index (χ3n) is 7.64. The van der Waals surface area contributed by atoms with E-state index in [2.05, 4.69) is 35.1 Å². The molecule has 216 valence electrons. The maximum Gasteiger partial charge on any atom is 0.258 e. The van der Waals surface area contributed by atoms with E-state index in [1.54, 1.807) is 9.80 Å². The predicted molar refractivity (Wildman–Crippen MR) is 171 cm³/mol. The van der Waals surface area contributed by atoms with Gasteiger partial charge in [-0.3, -0.25) is 14.4 Å². The van der Waals surface area contributed by atoms with E-state index in [4.69, 9.17) is 0 Å². The number of hydrogen-bond donors (Lipinski definition) is 1. The molecule has 1 aliphatic heterocycles. The van der Waals surface area contributed by atoms with Gasteiger partial charge in [0.15, 0.2) is 0 Å². The predicted octanol–water partition coefficient (Wildman–Crippen LogP) is 6.76. The lowest BCUT2D eigenvalue weighted by molar-refractivity contribution is -0.141. The smallest absolute Gasteiger partial charge is 0.258 e. The van der Waals surface area contributed by atoms with Gasteiger partial charge < -0.3 is 15.1 Å². The minimum absolute atomic E-state index is 0.0315. The van der Waals surface area contributed by atoms with Crippen LogP contribution in [-0.2, 0) is 22.6 Å². The molecule has 4 aromatic rings. The van der Waals surface area contributed by atoms with Crippen LogP contribution in [0.4, 0.5) is 5.69 Å². The summed E-state index contributed by atoms with van der Waals surface area (Å²) >= 11 is 3.49. The van der Waals surface area contributed by atoms with Gasteiger partial charge in [0.05, 0.1) is 5.69 Å². The zero-order chi connectivity index (χ0) is 29.6. The minimum atomic E-state index is -0.672. The fourth-order valence-corrected chi connectivity index (χ4v) is 5.76. The van der Waals surface area contributed by atoms with Crippen LogP contribution in [0.5, 0.6) is 0 Å². The Balaban J connectivity index is 1.37. The standard InChI is InChI=1S/C35H36BrN3O3/c1-24(2)22-37-34(41)31(21-25-9-4-3-5-10-25)39(23-26-16-18-28(36)19-17-26)32(40)15-8-20-38-30-14-7-12-27-11-6-13-29(33(27)30)35(38)42/h3-7,9-14,16-19,24,31H,8,15,20-23H2,1-2H3,(H,37,41)/t31-/m1/s1. The average molecular weight is 627 g/mol. The number of nitrogens with one attached hydrogen (secondary N) is 1. The first-order valence-electron chi connectivity index (χ1n) is 14.5. The van der Waals surface area contributed by atoms with Gasteiger partial charge in [0.2, 0.25) is 11.8 Å². The van der Waals surface area contributed by atoms with E-state index in [1.165, 1.54) is 0 Å². The molecule has 4 aromatic carbocycles. The van der Waals surface area contributed by atoms with E-state index in [1.807, 2.05) is 91.0 Å². The Hall–Kier alpha value is -3.97. The van der Waals surface area contributed by atoms with Gasteiger partial charge in [0.25, 0.3) is 5.91 Å². The fourth-order valence-electron chi connectivity index (χ4n) is 5.50. The molecule has 0 fully saturated rings. The molecule has 1 heterocycles. The number of anilines is 1. The van der Waals surface area contributed by atoms with E-state index in [0.29, 0.717) is 38.0 Å². The second-order valence-electron chi connectivity index (χ2n) is 11.2. The lowest BCUT2D eigenvalue weighted by Gasteiger charge is -2.32. The van der Waals surface area contributed by atoms with E-state index in [9.17, 15) is 14.4 Å². The van der Waals surface area contributed by atoms with Crippen molar-refractivity contribution in [2.24, 2.45) is 5.92 Å². The monoisotopic (exact) mass is 625 g/mol. The molecule has 0 unspecified atom stereocenters. The summed E-state index contributed by atoms with van der Waals surface area (Å²) in [7, 11) is 0. The van der Waals surface area contributed by atoms with Gasteiger partial charge in [0, 0.05) is 47.9 Å². The maximum atomic E-state index is 14.0. The highest BCUT2D eigenvalue weighted by molar-refractivity contribution is 9.10. The van der Waals surface area contributed by atoms with Gasteiger partial charge in [-0.25, -0.2) is 0 Å². The van der Waals surface area contributed by atoms with Crippen LogP contribution >= 0.6 is 15.9 Å². The van der Waals surface area contributed by atoms with Gasteiger partial charge in [-0.05, 0) is 53.1 Å². The van der Waals surface area contributed by atoms with Crippen LogP contribution in [0.15, 0.2) is 95.5 Å². The molecule has 0 bridgehead atoms. The molecule has 1 N–H and O–H groups in total. The zero-order valence-corrected chi connectivity index (χ0v) is 25.6. The Kier molecular flexibility index (Phi) is 9.38. The molecule has 0 saturated heterocycles. The van der Waals surface area contributed by atoms with Crippen molar-refractivity contribution in [3.63, 3.8) is 0 Å². The summed E-state index contributed by atoms with van der Waals surface area (Å²) in [5.74, 6) is -0.0136. The van der Waals surface area contributed by atoms with Gasteiger partial charge in [0.1, 0.15) is 6.04 Å². The summed E-state index contributed by atoms with van der Waals surface area (Å²) in [6.45, 7) is 5.37. The molecule has 3 amide bonds. The van der Waals surface area contributed by atoms with E-state index >= 15 is 0 Å². The molecule has 0 radical (unpaired) electrons. The van der Waals surface area contributed by atoms with Crippen LogP contribution in [0.3, 0.4) is 0 Å². The maximum absolute atomic E-state index is 14.0. The number of carbonyl (C=O) groups is 3. The summed E-state index contributed by atoms with van der Waals surface area (Å²) in [4.78, 5) is 44.4. The van der Waals surface area contributed by atoms with Crippen molar-refractivity contribution in [3.05, 3.63) is 112 Å².